The van der Waals surface area contributed by atoms with Gasteiger partial charge in [-0.2, -0.15) is 0 Å². The summed E-state index contributed by atoms with van der Waals surface area (Å²) in [6.45, 7) is 4.00. The van der Waals surface area contributed by atoms with Crippen LogP contribution in [0.3, 0.4) is 0 Å². The number of carboxylic acids is 1. The molecule has 0 saturated carbocycles. The molecule has 0 aliphatic carbocycles. The zero-order valence-electron chi connectivity index (χ0n) is 19.9. The highest BCUT2D eigenvalue weighted by molar-refractivity contribution is 6.01. The molecule has 0 radical (unpaired) electrons. The van der Waals surface area contributed by atoms with Crippen molar-refractivity contribution in [2.75, 3.05) is 6.54 Å². The normalized spacial score (nSPS) is 17.1. The molecular formula is C26H31N3O6. The Hall–Kier alpha value is -3.75. The Balaban J connectivity index is 1.70. The second-order valence-corrected chi connectivity index (χ2v) is 9.13. The zero-order chi connectivity index (χ0) is 25.5. The van der Waals surface area contributed by atoms with Crippen molar-refractivity contribution in [1.29, 1.82) is 0 Å². The summed E-state index contributed by atoms with van der Waals surface area (Å²) >= 11 is 0. The van der Waals surface area contributed by atoms with E-state index in [1.807, 2.05) is 44.2 Å². The highest BCUT2D eigenvalue weighted by Crippen LogP contribution is 2.22. The molecule has 3 rings (SSSR count). The second kappa shape index (κ2) is 11.6. The molecule has 3 N–H and O–H groups in total. The number of fused-ring (bicyclic) bond motifs is 1. The van der Waals surface area contributed by atoms with Gasteiger partial charge in [0.1, 0.15) is 18.4 Å². The van der Waals surface area contributed by atoms with Crippen LogP contribution in [0.5, 0.6) is 0 Å². The molecular weight excluding hydrogens is 450 g/mol. The van der Waals surface area contributed by atoms with Crippen LogP contribution in [0.2, 0.25) is 0 Å². The van der Waals surface area contributed by atoms with Crippen molar-refractivity contribution < 1.29 is 29.1 Å². The topological polar surface area (TPSA) is 133 Å². The fraction of sp³-hybridized carbons (Fsp3) is 0.423. The van der Waals surface area contributed by atoms with Crippen LogP contribution in [0.4, 0.5) is 0 Å². The van der Waals surface area contributed by atoms with Gasteiger partial charge in [0.05, 0.1) is 6.04 Å². The lowest BCUT2D eigenvalue weighted by Crippen LogP contribution is -2.56. The van der Waals surface area contributed by atoms with Crippen molar-refractivity contribution >= 4 is 40.7 Å². The van der Waals surface area contributed by atoms with Crippen molar-refractivity contribution in [3.63, 3.8) is 0 Å². The van der Waals surface area contributed by atoms with Crippen LogP contribution in [0.15, 0.2) is 42.5 Å². The van der Waals surface area contributed by atoms with Gasteiger partial charge in [0, 0.05) is 18.5 Å². The van der Waals surface area contributed by atoms with E-state index in [0.717, 1.165) is 10.8 Å². The predicted molar refractivity (Wildman–Crippen MR) is 130 cm³/mol. The molecule has 3 atom stereocenters. The minimum Gasteiger partial charge on any atom is -0.481 e. The van der Waals surface area contributed by atoms with Gasteiger partial charge in [-0.05, 0) is 48.1 Å². The fourth-order valence-electron chi connectivity index (χ4n) is 4.28. The van der Waals surface area contributed by atoms with Crippen LogP contribution in [0, 0.1) is 5.92 Å². The summed E-state index contributed by atoms with van der Waals surface area (Å²) in [5, 5.41) is 16.1. The molecule has 1 saturated heterocycles. The summed E-state index contributed by atoms with van der Waals surface area (Å²) in [6.07, 6.45) is 1.25. The standard InChI is InChI=1S/C26H31N3O6/c1-16(2)23(28-24(33)19-10-9-17-6-3-4-7-18(17)14-19)26(35)29-13-5-8-21(29)25(34)27-20(15-30)11-12-22(31)32/h3-4,6-7,9-10,14-16,20-21,23H,5,8,11-13H2,1-2H3,(H,27,34)(H,28,33)(H,31,32)/t20?,21-,23-/m0/s1. The molecule has 1 aliphatic rings. The van der Waals surface area contributed by atoms with Crippen molar-refractivity contribution in [2.45, 2.75) is 57.7 Å². The Morgan fingerprint density at radius 3 is 2.46 bits per heavy atom. The van der Waals surface area contributed by atoms with E-state index in [4.69, 9.17) is 5.11 Å². The molecule has 1 fully saturated rings. The van der Waals surface area contributed by atoms with E-state index in [-0.39, 0.29) is 30.6 Å². The van der Waals surface area contributed by atoms with Crippen LogP contribution in [-0.2, 0) is 19.2 Å². The Morgan fingerprint density at radius 2 is 1.80 bits per heavy atom. The lowest BCUT2D eigenvalue weighted by molar-refractivity contribution is -0.141. The van der Waals surface area contributed by atoms with Crippen LogP contribution in [0.1, 0.15) is 49.9 Å². The highest BCUT2D eigenvalue weighted by atomic mass is 16.4. The van der Waals surface area contributed by atoms with Crippen LogP contribution >= 0.6 is 0 Å². The molecule has 9 heteroatoms. The molecule has 0 aromatic heterocycles. The maximum absolute atomic E-state index is 13.4. The van der Waals surface area contributed by atoms with Crippen molar-refractivity contribution in [1.82, 2.24) is 15.5 Å². The van der Waals surface area contributed by atoms with Crippen molar-refractivity contribution in [3.05, 3.63) is 48.0 Å². The summed E-state index contributed by atoms with van der Waals surface area (Å²) in [7, 11) is 0. The molecule has 3 amide bonds. The average molecular weight is 482 g/mol. The van der Waals surface area contributed by atoms with Crippen LogP contribution in [-0.4, -0.2) is 64.7 Å². The molecule has 1 unspecified atom stereocenters. The number of hydrogen-bond donors (Lipinski definition) is 3. The molecule has 1 aliphatic heterocycles. The Labute approximate surface area is 203 Å². The number of nitrogens with zero attached hydrogens (tertiary/aromatic N) is 1. The van der Waals surface area contributed by atoms with Gasteiger partial charge in [-0.25, -0.2) is 0 Å². The molecule has 0 spiro atoms. The van der Waals surface area contributed by atoms with Crippen molar-refractivity contribution in [2.24, 2.45) is 5.92 Å². The lowest BCUT2D eigenvalue weighted by Gasteiger charge is -2.31. The van der Waals surface area contributed by atoms with Gasteiger partial charge in [-0.15, -0.1) is 0 Å². The third kappa shape index (κ3) is 6.44. The van der Waals surface area contributed by atoms with Crippen LogP contribution in [0.25, 0.3) is 10.8 Å². The smallest absolute Gasteiger partial charge is 0.303 e. The Bertz CT molecular complexity index is 1120. The molecule has 186 valence electrons. The fourth-order valence-corrected chi connectivity index (χ4v) is 4.28. The molecule has 0 bridgehead atoms. The van der Waals surface area contributed by atoms with Gasteiger partial charge >= 0.3 is 5.97 Å². The maximum atomic E-state index is 13.4. The molecule has 2 aromatic rings. The summed E-state index contributed by atoms with van der Waals surface area (Å²) in [5.41, 5.74) is 0.435. The number of rotatable bonds is 10. The first-order valence-electron chi connectivity index (χ1n) is 11.8. The number of likely N-dealkylation sites (tertiary alicyclic amines) is 1. The quantitative estimate of drug-likeness (QED) is 0.445. The first-order chi connectivity index (χ1) is 16.7. The molecule has 1 heterocycles. The average Bonchev–Trinajstić information content (AvgIpc) is 3.34. The van der Waals surface area contributed by atoms with E-state index < -0.39 is 30.0 Å². The number of aldehydes is 1. The summed E-state index contributed by atoms with van der Waals surface area (Å²) < 4.78 is 0. The van der Waals surface area contributed by atoms with Gasteiger partial charge in [0.2, 0.25) is 11.8 Å². The Kier molecular flexibility index (Phi) is 8.57. The number of aliphatic carboxylic acids is 1. The SMILES string of the molecule is CC(C)[C@H](NC(=O)c1ccc2ccccc2c1)C(=O)N1CCC[C@H]1C(=O)NC(C=O)CCC(=O)O. The number of hydrogen-bond acceptors (Lipinski definition) is 5. The van der Waals surface area contributed by atoms with Gasteiger partial charge < -0.3 is 25.4 Å². The summed E-state index contributed by atoms with van der Waals surface area (Å²) in [6, 6.07) is 10.4. The molecule has 9 nitrogen and oxygen atoms in total. The van der Waals surface area contributed by atoms with E-state index in [2.05, 4.69) is 10.6 Å². The number of benzene rings is 2. The minimum atomic E-state index is -1.06. The minimum absolute atomic E-state index is 0.0261. The zero-order valence-corrected chi connectivity index (χ0v) is 19.9. The van der Waals surface area contributed by atoms with E-state index in [1.165, 1.54) is 4.90 Å². The highest BCUT2D eigenvalue weighted by Gasteiger charge is 2.39. The molecule has 35 heavy (non-hydrogen) atoms. The number of amides is 3. The van der Waals surface area contributed by atoms with E-state index >= 15 is 0 Å². The predicted octanol–water partition coefficient (Wildman–Crippen LogP) is 2.13. The monoisotopic (exact) mass is 481 g/mol. The van der Waals surface area contributed by atoms with Gasteiger partial charge in [0.15, 0.2) is 0 Å². The van der Waals surface area contributed by atoms with E-state index in [0.29, 0.717) is 31.2 Å². The number of carboxylic acid groups (broad SMARTS) is 1. The van der Waals surface area contributed by atoms with E-state index in [9.17, 15) is 24.0 Å². The third-order valence-electron chi connectivity index (χ3n) is 6.23. The van der Waals surface area contributed by atoms with Gasteiger partial charge in [-0.1, -0.05) is 44.2 Å². The number of carbonyl (C=O) groups excluding carboxylic acids is 4. The second-order valence-electron chi connectivity index (χ2n) is 9.13. The van der Waals surface area contributed by atoms with Gasteiger partial charge in [-0.3, -0.25) is 19.2 Å². The Morgan fingerprint density at radius 1 is 1.09 bits per heavy atom. The first kappa shape index (κ1) is 25.9. The number of nitrogens with one attached hydrogen (secondary N) is 2. The van der Waals surface area contributed by atoms with Crippen LogP contribution < -0.4 is 10.6 Å². The maximum Gasteiger partial charge on any atom is 0.303 e. The van der Waals surface area contributed by atoms with Gasteiger partial charge in [0.25, 0.3) is 5.91 Å². The summed E-state index contributed by atoms with van der Waals surface area (Å²) in [5.74, 6) is -2.53. The first-order valence-corrected chi connectivity index (χ1v) is 11.8. The summed E-state index contributed by atoms with van der Waals surface area (Å²) in [4.78, 5) is 62.8. The third-order valence-corrected chi connectivity index (χ3v) is 6.23. The lowest BCUT2D eigenvalue weighted by atomic mass is 10.0. The number of carbonyl (C=O) groups is 5. The van der Waals surface area contributed by atoms with Crippen molar-refractivity contribution in [3.8, 4) is 0 Å². The largest absolute Gasteiger partial charge is 0.481 e. The van der Waals surface area contributed by atoms with E-state index in [1.54, 1.807) is 12.1 Å². The molecule has 2 aromatic carbocycles.